The second kappa shape index (κ2) is 8.16. The summed E-state index contributed by atoms with van der Waals surface area (Å²) in [5.41, 5.74) is 0.442. The van der Waals surface area contributed by atoms with Crippen molar-refractivity contribution in [1.29, 1.82) is 0 Å². The zero-order valence-corrected chi connectivity index (χ0v) is 13.7. The van der Waals surface area contributed by atoms with Crippen molar-refractivity contribution in [2.45, 2.75) is 71.6 Å². The van der Waals surface area contributed by atoms with Crippen LogP contribution in [0, 0.1) is 5.92 Å². The summed E-state index contributed by atoms with van der Waals surface area (Å²) in [5.74, 6) is 0.623. The molecular formula is C18H26N2O2. The first kappa shape index (κ1) is 16.8. The van der Waals surface area contributed by atoms with Crippen molar-refractivity contribution >= 4 is 0 Å². The Morgan fingerprint density at radius 2 is 1.68 bits per heavy atom. The molecule has 0 radical (unpaired) electrons. The molecule has 4 heteroatoms. The van der Waals surface area contributed by atoms with E-state index in [1.54, 1.807) is 0 Å². The minimum Gasteiger partial charge on any atom is -0.281 e. The Labute approximate surface area is 132 Å². The Hall–Kier alpha value is -1.58. The van der Waals surface area contributed by atoms with Crippen molar-refractivity contribution in [1.82, 2.24) is 9.97 Å². The highest BCUT2D eigenvalue weighted by Gasteiger charge is 2.20. The van der Waals surface area contributed by atoms with Gasteiger partial charge in [0.05, 0.1) is 5.69 Å². The largest absolute Gasteiger partial charge is 0.320 e. The Kier molecular flexibility index (Phi) is 6.22. The van der Waals surface area contributed by atoms with Crippen molar-refractivity contribution < 1.29 is 0 Å². The van der Waals surface area contributed by atoms with E-state index in [-0.39, 0.29) is 5.69 Å². The van der Waals surface area contributed by atoms with Crippen LogP contribution in [-0.2, 0) is 6.42 Å². The van der Waals surface area contributed by atoms with Gasteiger partial charge in [-0.3, -0.25) is 9.59 Å². The van der Waals surface area contributed by atoms with Crippen LogP contribution in [0.15, 0.2) is 15.7 Å². The van der Waals surface area contributed by atoms with Gasteiger partial charge in [-0.2, -0.15) is 0 Å². The lowest BCUT2D eigenvalue weighted by atomic mass is 9.91. The van der Waals surface area contributed by atoms with E-state index in [9.17, 15) is 9.59 Å². The quantitative estimate of drug-likeness (QED) is 0.498. The molecule has 120 valence electrons. The first-order valence-corrected chi connectivity index (χ1v) is 8.62. The smallest absolute Gasteiger partial charge is 0.281 e. The van der Waals surface area contributed by atoms with E-state index >= 15 is 0 Å². The third kappa shape index (κ3) is 4.21. The molecule has 22 heavy (non-hydrogen) atoms. The van der Waals surface area contributed by atoms with Crippen molar-refractivity contribution in [2.24, 2.45) is 5.92 Å². The monoisotopic (exact) mass is 302 g/mol. The standard InChI is InChI=1S/C18H26N2O2/c1-3-5-7-8-10-13(9-6-4-2)11-14-12-15-16(19-14)17(21)18(22)20-15/h12-13H,3-11H2,1-2H3. The van der Waals surface area contributed by atoms with Gasteiger partial charge in [0.1, 0.15) is 5.69 Å². The van der Waals surface area contributed by atoms with Gasteiger partial charge in [-0.05, 0) is 18.4 Å². The number of hydrogen-bond acceptors (Lipinski definition) is 4. The van der Waals surface area contributed by atoms with Crippen LogP contribution in [0.25, 0.3) is 11.4 Å². The van der Waals surface area contributed by atoms with E-state index in [0.717, 1.165) is 12.1 Å². The normalized spacial score (nSPS) is 13.0. The van der Waals surface area contributed by atoms with Crippen LogP contribution in [0.4, 0.5) is 0 Å². The summed E-state index contributed by atoms with van der Waals surface area (Å²) >= 11 is 0. The highest BCUT2D eigenvalue weighted by molar-refractivity contribution is 5.58. The highest BCUT2D eigenvalue weighted by Crippen LogP contribution is 2.24. The number of fused-ring (bicyclic) bond motifs is 1. The van der Waals surface area contributed by atoms with Crippen LogP contribution in [0.2, 0.25) is 0 Å². The molecule has 0 aromatic heterocycles. The molecule has 4 nitrogen and oxygen atoms in total. The van der Waals surface area contributed by atoms with E-state index in [1.165, 1.54) is 51.4 Å². The summed E-state index contributed by atoms with van der Waals surface area (Å²) in [6.07, 6.45) is 10.9. The minimum absolute atomic E-state index is 0.264. The Morgan fingerprint density at radius 3 is 2.36 bits per heavy atom. The molecule has 0 fully saturated rings. The van der Waals surface area contributed by atoms with Crippen LogP contribution in [-0.4, -0.2) is 9.97 Å². The molecule has 2 rings (SSSR count). The zero-order valence-electron chi connectivity index (χ0n) is 13.7. The molecule has 1 atom stereocenters. The fourth-order valence-corrected chi connectivity index (χ4v) is 3.07. The lowest BCUT2D eigenvalue weighted by molar-refractivity contribution is 0.407. The molecule has 0 aliphatic carbocycles. The average Bonchev–Trinajstić information content (AvgIpc) is 3.00. The topological polar surface area (TPSA) is 59.9 Å². The fraction of sp³-hybridized carbons (Fsp3) is 0.667. The molecule has 0 saturated heterocycles. The molecule has 0 bridgehead atoms. The van der Waals surface area contributed by atoms with Gasteiger partial charge in [-0.1, -0.05) is 65.2 Å². The molecular weight excluding hydrogens is 276 g/mol. The Bertz CT molecular complexity index is 628. The van der Waals surface area contributed by atoms with Gasteiger partial charge < -0.3 is 0 Å². The van der Waals surface area contributed by atoms with Gasteiger partial charge in [0, 0.05) is 5.69 Å². The molecule has 0 saturated carbocycles. The summed E-state index contributed by atoms with van der Waals surface area (Å²) in [5, 5.41) is 0. The van der Waals surface area contributed by atoms with Crippen molar-refractivity contribution in [3.05, 3.63) is 32.3 Å². The highest BCUT2D eigenvalue weighted by atomic mass is 16.2. The summed E-state index contributed by atoms with van der Waals surface area (Å²) < 4.78 is 0. The first-order valence-electron chi connectivity index (χ1n) is 8.62. The summed E-state index contributed by atoms with van der Waals surface area (Å²) in [6.45, 7) is 4.44. The molecule has 0 aromatic rings. The molecule has 2 aliphatic rings. The van der Waals surface area contributed by atoms with Crippen LogP contribution in [0.1, 0.15) is 70.9 Å². The molecule has 2 aliphatic heterocycles. The molecule has 0 amide bonds. The third-order valence-electron chi connectivity index (χ3n) is 4.36. The maximum atomic E-state index is 11.6. The minimum atomic E-state index is -0.675. The van der Waals surface area contributed by atoms with Crippen LogP contribution < -0.4 is 11.0 Å². The Balaban J connectivity index is 1.99. The van der Waals surface area contributed by atoms with E-state index < -0.39 is 11.0 Å². The van der Waals surface area contributed by atoms with E-state index in [4.69, 9.17) is 0 Å². The fourth-order valence-electron chi connectivity index (χ4n) is 3.07. The van der Waals surface area contributed by atoms with Gasteiger partial charge >= 0.3 is 5.56 Å². The molecule has 0 aromatic carbocycles. The lowest BCUT2D eigenvalue weighted by Crippen LogP contribution is -2.19. The summed E-state index contributed by atoms with van der Waals surface area (Å²) in [7, 11) is 0. The van der Waals surface area contributed by atoms with Crippen molar-refractivity contribution in [3.63, 3.8) is 0 Å². The molecule has 2 heterocycles. The predicted molar refractivity (Wildman–Crippen MR) is 89.0 cm³/mol. The number of unbranched alkanes of at least 4 members (excludes halogenated alkanes) is 4. The number of rotatable bonds is 10. The van der Waals surface area contributed by atoms with Gasteiger partial charge in [0.2, 0.25) is 0 Å². The third-order valence-corrected chi connectivity index (χ3v) is 4.36. The van der Waals surface area contributed by atoms with Gasteiger partial charge in [0.15, 0.2) is 0 Å². The van der Waals surface area contributed by atoms with Gasteiger partial charge in [-0.15, -0.1) is 0 Å². The van der Waals surface area contributed by atoms with Gasteiger partial charge in [0.25, 0.3) is 5.43 Å². The van der Waals surface area contributed by atoms with E-state index in [0.29, 0.717) is 11.6 Å². The van der Waals surface area contributed by atoms with Crippen molar-refractivity contribution in [2.75, 3.05) is 0 Å². The second-order valence-corrected chi connectivity index (χ2v) is 6.29. The SMILES string of the molecule is CCCCCCC(CCCC)Cc1cc2nc(=O)c(=O)c-2n1. The zero-order chi connectivity index (χ0) is 15.9. The summed E-state index contributed by atoms with van der Waals surface area (Å²) in [6, 6.07) is 1.82. The summed E-state index contributed by atoms with van der Waals surface area (Å²) in [4.78, 5) is 30.9. The molecule has 1 unspecified atom stereocenters. The van der Waals surface area contributed by atoms with Crippen molar-refractivity contribution in [3.8, 4) is 11.4 Å². The number of nitrogens with zero attached hydrogens (tertiary/aromatic N) is 2. The number of hydrogen-bond donors (Lipinski definition) is 0. The molecule has 0 spiro atoms. The predicted octanol–water partition coefficient (Wildman–Crippen LogP) is 3.50. The molecule has 0 N–H and O–H groups in total. The Morgan fingerprint density at radius 1 is 0.955 bits per heavy atom. The van der Waals surface area contributed by atoms with E-state index in [1.807, 2.05) is 6.07 Å². The average molecular weight is 302 g/mol. The second-order valence-electron chi connectivity index (χ2n) is 6.29. The number of aromatic nitrogens is 2. The maximum Gasteiger partial charge on any atom is 0.320 e. The van der Waals surface area contributed by atoms with Crippen LogP contribution in [0.5, 0.6) is 0 Å². The van der Waals surface area contributed by atoms with Gasteiger partial charge in [-0.25, -0.2) is 9.97 Å². The maximum absolute atomic E-state index is 11.6. The lowest BCUT2D eigenvalue weighted by Gasteiger charge is -2.15. The first-order chi connectivity index (χ1) is 10.7. The van der Waals surface area contributed by atoms with Crippen LogP contribution in [0.3, 0.4) is 0 Å². The van der Waals surface area contributed by atoms with Crippen LogP contribution >= 0.6 is 0 Å². The van der Waals surface area contributed by atoms with E-state index in [2.05, 4.69) is 23.8 Å².